The zero-order valence-corrected chi connectivity index (χ0v) is 13.4. The third kappa shape index (κ3) is 5.55. The van der Waals surface area contributed by atoms with Crippen LogP contribution >= 0.6 is 11.8 Å². The Balaban J connectivity index is 2.36. The maximum atomic E-state index is 11.9. The van der Waals surface area contributed by atoms with Crippen LogP contribution in [0.15, 0.2) is 0 Å². The summed E-state index contributed by atoms with van der Waals surface area (Å²) in [6.45, 7) is 2.57. The number of carbonyl (C=O) groups excluding carboxylic acids is 4. The minimum Gasteiger partial charge on any atom is -0.369 e. The average Bonchev–Trinajstić information content (AvgIpc) is 2.78. The third-order valence-electron chi connectivity index (χ3n) is 3.40. The van der Waals surface area contributed by atoms with Gasteiger partial charge in [0, 0.05) is 25.4 Å². The molecule has 0 aromatic carbocycles. The maximum Gasteiger partial charge on any atom is 0.240 e. The van der Waals surface area contributed by atoms with E-state index >= 15 is 0 Å². The maximum absolute atomic E-state index is 11.9. The smallest absolute Gasteiger partial charge is 0.240 e. The predicted octanol–water partition coefficient (Wildman–Crippen LogP) is -1.57. The lowest BCUT2D eigenvalue weighted by molar-refractivity contribution is -0.136. The Morgan fingerprint density at radius 1 is 1.36 bits per heavy atom. The first-order chi connectivity index (χ1) is 10.3. The van der Waals surface area contributed by atoms with Gasteiger partial charge in [0.25, 0.3) is 0 Å². The summed E-state index contributed by atoms with van der Waals surface area (Å²) in [5.41, 5.74) is 10.3. The summed E-state index contributed by atoms with van der Waals surface area (Å²) in [4.78, 5) is 46.9. The summed E-state index contributed by atoms with van der Waals surface area (Å²) in [7, 11) is 0. The molecule has 0 radical (unpaired) electrons. The van der Waals surface area contributed by atoms with Crippen LogP contribution in [0.1, 0.15) is 19.8 Å². The fraction of sp³-hybridized carbons (Fsp3) is 0.692. The summed E-state index contributed by atoms with van der Waals surface area (Å²) in [6, 6.07) is -0.584. The number of nitrogens with two attached hydrogens (primary N) is 2. The van der Waals surface area contributed by atoms with E-state index in [1.807, 2.05) is 0 Å². The van der Waals surface area contributed by atoms with E-state index in [-0.39, 0.29) is 29.2 Å². The zero-order chi connectivity index (χ0) is 16.7. The second-order valence-electron chi connectivity index (χ2n) is 5.21. The summed E-state index contributed by atoms with van der Waals surface area (Å²) in [5, 5.41) is 2.72. The van der Waals surface area contributed by atoms with Crippen LogP contribution in [0.5, 0.6) is 0 Å². The number of primary amides is 2. The Bertz CT molecular complexity index is 457. The number of likely N-dealkylation sites (tertiary alicyclic amines) is 1. The first-order valence-electron chi connectivity index (χ1n) is 7.06. The van der Waals surface area contributed by atoms with Gasteiger partial charge in [0.2, 0.25) is 23.6 Å². The lowest BCUT2D eigenvalue weighted by atomic mass is 10.1. The Morgan fingerprint density at radius 2 is 2.05 bits per heavy atom. The van der Waals surface area contributed by atoms with Gasteiger partial charge in [0.15, 0.2) is 0 Å². The fourth-order valence-electron chi connectivity index (χ4n) is 2.38. The van der Waals surface area contributed by atoms with Gasteiger partial charge in [-0.2, -0.15) is 0 Å². The quantitative estimate of drug-likeness (QED) is 0.469. The molecule has 0 bridgehead atoms. The topological polar surface area (TPSA) is 136 Å². The Hall–Kier alpha value is -1.77. The molecule has 1 rings (SSSR count). The molecule has 8 nitrogen and oxygen atoms in total. The molecule has 1 aliphatic heterocycles. The van der Waals surface area contributed by atoms with Crippen LogP contribution < -0.4 is 16.8 Å². The SMILES string of the molecule is CC[C@@H](C(N)=O)N1CC(CNC(=O)CSCC(N)=O)CC1=O. The number of hydrogen-bond acceptors (Lipinski definition) is 5. The van der Waals surface area contributed by atoms with Crippen molar-refractivity contribution in [1.29, 1.82) is 0 Å². The van der Waals surface area contributed by atoms with Gasteiger partial charge in [0.05, 0.1) is 11.5 Å². The molecule has 1 unspecified atom stereocenters. The molecule has 1 saturated heterocycles. The highest BCUT2D eigenvalue weighted by Gasteiger charge is 2.35. The Kier molecular flexibility index (Phi) is 7.16. The number of rotatable bonds is 9. The van der Waals surface area contributed by atoms with Gasteiger partial charge in [0.1, 0.15) is 6.04 Å². The van der Waals surface area contributed by atoms with Crippen molar-refractivity contribution in [1.82, 2.24) is 10.2 Å². The molecule has 1 heterocycles. The Labute approximate surface area is 133 Å². The molecule has 0 saturated carbocycles. The van der Waals surface area contributed by atoms with Crippen molar-refractivity contribution in [2.75, 3.05) is 24.6 Å². The standard InChI is InChI=1S/C13H22N4O4S/c1-2-9(13(15)21)17-5-8(3-12(17)20)4-16-11(19)7-22-6-10(14)18/h8-9H,2-7H2,1H3,(H2,14,18)(H2,15,21)(H,16,19)/t8?,9-/m0/s1. The molecule has 124 valence electrons. The van der Waals surface area contributed by atoms with E-state index in [0.29, 0.717) is 25.9 Å². The Morgan fingerprint density at radius 3 is 2.59 bits per heavy atom. The number of nitrogens with one attached hydrogen (secondary N) is 1. The van der Waals surface area contributed by atoms with E-state index in [1.54, 1.807) is 6.92 Å². The van der Waals surface area contributed by atoms with Crippen LogP contribution in [0.25, 0.3) is 0 Å². The molecule has 4 amide bonds. The first kappa shape index (κ1) is 18.3. The second kappa shape index (κ2) is 8.62. The number of nitrogens with zero attached hydrogens (tertiary/aromatic N) is 1. The van der Waals surface area contributed by atoms with Gasteiger partial charge in [-0.15, -0.1) is 11.8 Å². The van der Waals surface area contributed by atoms with Crippen LogP contribution in [-0.2, 0) is 19.2 Å². The van der Waals surface area contributed by atoms with Crippen LogP contribution in [-0.4, -0.2) is 59.2 Å². The fourth-order valence-corrected chi connectivity index (χ4v) is 2.97. The van der Waals surface area contributed by atoms with Crippen LogP contribution in [0.4, 0.5) is 0 Å². The van der Waals surface area contributed by atoms with E-state index < -0.39 is 17.9 Å². The molecule has 2 atom stereocenters. The van der Waals surface area contributed by atoms with Crippen LogP contribution in [0, 0.1) is 5.92 Å². The average molecular weight is 330 g/mol. The van der Waals surface area contributed by atoms with E-state index in [4.69, 9.17) is 11.5 Å². The van der Waals surface area contributed by atoms with E-state index in [1.165, 1.54) is 4.90 Å². The van der Waals surface area contributed by atoms with Crippen molar-refractivity contribution >= 4 is 35.4 Å². The highest BCUT2D eigenvalue weighted by atomic mass is 32.2. The van der Waals surface area contributed by atoms with Gasteiger partial charge in [-0.05, 0) is 6.42 Å². The van der Waals surface area contributed by atoms with Gasteiger partial charge >= 0.3 is 0 Å². The normalized spacial score (nSPS) is 19.0. The van der Waals surface area contributed by atoms with Crippen molar-refractivity contribution in [2.24, 2.45) is 17.4 Å². The van der Waals surface area contributed by atoms with Gasteiger partial charge in [-0.3, -0.25) is 19.2 Å². The lowest BCUT2D eigenvalue weighted by Gasteiger charge is -2.24. The van der Waals surface area contributed by atoms with Crippen LogP contribution in [0.2, 0.25) is 0 Å². The van der Waals surface area contributed by atoms with E-state index in [2.05, 4.69) is 5.32 Å². The molecular formula is C13H22N4O4S. The summed E-state index contributed by atoms with van der Waals surface area (Å²) in [5.74, 6) is -1.10. The number of amides is 4. The zero-order valence-electron chi connectivity index (χ0n) is 12.5. The first-order valence-corrected chi connectivity index (χ1v) is 8.22. The van der Waals surface area contributed by atoms with Crippen molar-refractivity contribution in [3.8, 4) is 0 Å². The molecular weight excluding hydrogens is 308 g/mol. The molecule has 9 heteroatoms. The number of carbonyl (C=O) groups is 4. The second-order valence-corrected chi connectivity index (χ2v) is 6.19. The molecule has 5 N–H and O–H groups in total. The summed E-state index contributed by atoms with van der Waals surface area (Å²) in [6.07, 6.45) is 0.766. The highest BCUT2D eigenvalue weighted by Crippen LogP contribution is 2.21. The third-order valence-corrected chi connectivity index (χ3v) is 4.35. The number of hydrogen-bond donors (Lipinski definition) is 3. The highest BCUT2D eigenvalue weighted by molar-refractivity contribution is 8.00. The van der Waals surface area contributed by atoms with Crippen molar-refractivity contribution in [3.63, 3.8) is 0 Å². The minimum absolute atomic E-state index is 0.0361. The number of thioether (sulfide) groups is 1. The van der Waals surface area contributed by atoms with Gasteiger partial charge < -0.3 is 21.7 Å². The summed E-state index contributed by atoms with van der Waals surface area (Å²) < 4.78 is 0. The monoisotopic (exact) mass is 330 g/mol. The molecule has 1 fully saturated rings. The molecule has 0 aliphatic carbocycles. The molecule has 0 aromatic rings. The van der Waals surface area contributed by atoms with Crippen LogP contribution in [0.3, 0.4) is 0 Å². The largest absolute Gasteiger partial charge is 0.369 e. The van der Waals surface area contributed by atoms with Crippen molar-refractivity contribution in [3.05, 3.63) is 0 Å². The van der Waals surface area contributed by atoms with Gasteiger partial charge in [-0.25, -0.2) is 0 Å². The molecule has 1 aliphatic rings. The summed E-state index contributed by atoms with van der Waals surface area (Å²) >= 11 is 1.14. The molecule has 0 spiro atoms. The lowest BCUT2D eigenvalue weighted by Crippen LogP contribution is -2.45. The molecule has 22 heavy (non-hydrogen) atoms. The minimum atomic E-state index is -0.584. The predicted molar refractivity (Wildman–Crippen MR) is 82.6 cm³/mol. The van der Waals surface area contributed by atoms with Crippen molar-refractivity contribution < 1.29 is 19.2 Å². The van der Waals surface area contributed by atoms with Gasteiger partial charge in [-0.1, -0.05) is 6.92 Å². The van der Waals surface area contributed by atoms with E-state index in [9.17, 15) is 19.2 Å². The van der Waals surface area contributed by atoms with E-state index in [0.717, 1.165) is 11.8 Å². The molecule has 0 aromatic heterocycles. The van der Waals surface area contributed by atoms with Crippen molar-refractivity contribution in [2.45, 2.75) is 25.8 Å².